The minimum Gasteiger partial charge on any atom is -0.496 e. The molecule has 0 aromatic heterocycles. The Balaban J connectivity index is 2.73. The van der Waals surface area contributed by atoms with Crippen LogP contribution in [-0.2, 0) is 4.79 Å². The molecule has 1 rings (SSSR count). The van der Waals surface area contributed by atoms with Crippen LogP contribution in [0.2, 0.25) is 0 Å². The van der Waals surface area contributed by atoms with Crippen molar-refractivity contribution in [3.05, 3.63) is 17.7 Å². The lowest BCUT2D eigenvalue weighted by atomic mass is 10.1. The molecule has 1 unspecified atom stereocenters. The van der Waals surface area contributed by atoms with E-state index in [0.29, 0.717) is 13.0 Å². The summed E-state index contributed by atoms with van der Waals surface area (Å²) in [5.41, 5.74) is 1.76. The SMILES string of the molecule is COc1ccc(NCCC(C)C(=O)O)c(OC)c1C. The molecular formula is C14H21NO4. The van der Waals surface area contributed by atoms with Crippen LogP contribution in [0.3, 0.4) is 0 Å². The van der Waals surface area contributed by atoms with Crippen LogP contribution < -0.4 is 14.8 Å². The number of anilines is 1. The number of carboxylic acids is 1. The van der Waals surface area contributed by atoms with Crippen molar-refractivity contribution in [2.24, 2.45) is 5.92 Å². The third-order valence-corrected chi connectivity index (χ3v) is 3.09. The van der Waals surface area contributed by atoms with Gasteiger partial charge < -0.3 is 19.9 Å². The van der Waals surface area contributed by atoms with Crippen LogP contribution in [0.15, 0.2) is 12.1 Å². The second-order valence-corrected chi connectivity index (χ2v) is 4.43. The maximum atomic E-state index is 10.7. The molecule has 0 fully saturated rings. The van der Waals surface area contributed by atoms with E-state index in [1.165, 1.54) is 0 Å². The predicted octanol–water partition coefficient (Wildman–Crippen LogP) is 2.53. The minimum absolute atomic E-state index is 0.363. The molecule has 0 saturated heterocycles. The molecule has 0 saturated carbocycles. The van der Waals surface area contributed by atoms with Crippen LogP contribution in [0.5, 0.6) is 11.5 Å². The van der Waals surface area contributed by atoms with Gasteiger partial charge >= 0.3 is 5.97 Å². The first-order valence-corrected chi connectivity index (χ1v) is 6.19. The Bertz CT molecular complexity index is 445. The number of benzene rings is 1. The molecule has 19 heavy (non-hydrogen) atoms. The number of rotatable bonds is 7. The molecule has 5 nitrogen and oxygen atoms in total. The number of ether oxygens (including phenoxy) is 2. The third-order valence-electron chi connectivity index (χ3n) is 3.09. The Morgan fingerprint density at radius 2 is 2.05 bits per heavy atom. The molecule has 0 spiro atoms. The highest BCUT2D eigenvalue weighted by Gasteiger charge is 2.13. The van der Waals surface area contributed by atoms with Crippen molar-refractivity contribution in [1.82, 2.24) is 0 Å². The van der Waals surface area contributed by atoms with E-state index >= 15 is 0 Å². The van der Waals surface area contributed by atoms with Gasteiger partial charge in [-0.15, -0.1) is 0 Å². The number of aliphatic carboxylic acids is 1. The number of hydrogen-bond acceptors (Lipinski definition) is 4. The molecule has 5 heteroatoms. The Hall–Kier alpha value is -1.91. The van der Waals surface area contributed by atoms with Gasteiger partial charge in [-0.3, -0.25) is 4.79 Å². The van der Waals surface area contributed by atoms with Gasteiger partial charge in [-0.2, -0.15) is 0 Å². The van der Waals surface area contributed by atoms with Crippen molar-refractivity contribution in [1.29, 1.82) is 0 Å². The van der Waals surface area contributed by atoms with Gasteiger partial charge in [0, 0.05) is 12.1 Å². The molecule has 0 amide bonds. The van der Waals surface area contributed by atoms with E-state index < -0.39 is 5.97 Å². The summed E-state index contributed by atoms with van der Waals surface area (Å²) in [7, 11) is 3.22. The molecule has 1 atom stereocenters. The van der Waals surface area contributed by atoms with Crippen LogP contribution in [0, 0.1) is 12.8 Å². The van der Waals surface area contributed by atoms with E-state index in [4.69, 9.17) is 14.6 Å². The number of carboxylic acid groups (broad SMARTS) is 1. The predicted molar refractivity (Wildman–Crippen MR) is 74.2 cm³/mol. The van der Waals surface area contributed by atoms with Crippen molar-refractivity contribution in [2.45, 2.75) is 20.3 Å². The molecule has 0 aliphatic heterocycles. The topological polar surface area (TPSA) is 67.8 Å². The summed E-state index contributed by atoms with van der Waals surface area (Å²) in [4.78, 5) is 10.7. The van der Waals surface area contributed by atoms with Crippen LogP contribution in [0.25, 0.3) is 0 Å². The molecule has 2 N–H and O–H groups in total. The third kappa shape index (κ3) is 3.77. The van der Waals surface area contributed by atoms with Gasteiger partial charge in [-0.05, 0) is 25.5 Å². The molecule has 0 radical (unpaired) electrons. The van der Waals surface area contributed by atoms with Gasteiger partial charge in [-0.1, -0.05) is 6.92 Å². The van der Waals surface area contributed by atoms with Crippen molar-refractivity contribution in [3.63, 3.8) is 0 Å². The van der Waals surface area contributed by atoms with Gasteiger partial charge in [0.25, 0.3) is 0 Å². The van der Waals surface area contributed by atoms with E-state index in [1.54, 1.807) is 21.1 Å². The van der Waals surface area contributed by atoms with Gasteiger partial charge in [0.2, 0.25) is 0 Å². The first-order valence-electron chi connectivity index (χ1n) is 6.19. The number of methoxy groups -OCH3 is 2. The summed E-state index contributed by atoms with van der Waals surface area (Å²) in [6.07, 6.45) is 0.559. The summed E-state index contributed by atoms with van der Waals surface area (Å²) in [5, 5.41) is 12.0. The number of nitrogens with one attached hydrogen (secondary N) is 1. The first kappa shape index (κ1) is 15.1. The van der Waals surface area contributed by atoms with Gasteiger partial charge in [-0.25, -0.2) is 0 Å². The van der Waals surface area contributed by atoms with E-state index in [-0.39, 0.29) is 5.92 Å². The second-order valence-electron chi connectivity index (χ2n) is 4.43. The van der Waals surface area contributed by atoms with Crippen molar-refractivity contribution in [3.8, 4) is 11.5 Å². The zero-order valence-electron chi connectivity index (χ0n) is 11.8. The van der Waals surface area contributed by atoms with Gasteiger partial charge in [0.15, 0.2) is 0 Å². The van der Waals surface area contributed by atoms with Gasteiger partial charge in [0.1, 0.15) is 11.5 Å². The van der Waals surface area contributed by atoms with Crippen molar-refractivity contribution in [2.75, 3.05) is 26.1 Å². The normalized spacial score (nSPS) is 11.8. The molecule has 1 aromatic rings. The lowest BCUT2D eigenvalue weighted by Crippen LogP contribution is -2.14. The second kappa shape index (κ2) is 6.87. The first-order chi connectivity index (χ1) is 9.01. The average molecular weight is 267 g/mol. The fraction of sp³-hybridized carbons (Fsp3) is 0.500. The van der Waals surface area contributed by atoms with E-state index in [1.807, 2.05) is 19.1 Å². The number of hydrogen-bond donors (Lipinski definition) is 2. The monoisotopic (exact) mass is 267 g/mol. The molecule has 0 aliphatic rings. The molecular weight excluding hydrogens is 246 g/mol. The van der Waals surface area contributed by atoms with Crippen LogP contribution >= 0.6 is 0 Å². The van der Waals surface area contributed by atoms with Crippen LogP contribution in [-0.4, -0.2) is 31.8 Å². The van der Waals surface area contributed by atoms with Crippen LogP contribution in [0.1, 0.15) is 18.9 Å². The Morgan fingerprint density at radius 3 is 2.58 bits per heavy atom. The molecule has 0 heterocycles. The quantitative estimate of drug-likeness (QED) is 0.794. The molecule has 0 aliphatic carbocycles. The highest BCUT2D eigenvalue weighted by molar-refractivity contribution is 5.69. The average Bonchev–Trinajstić information content (AvgIpc) is 2.38. The summed E-state index contributed by atoms with van der Waals surface area (Å²) in [6.45, 7) is 4.19. The highest BCUT2D eigenvalue weighted by Crippen LogP contribution is 2.34. The maximum absolute atomic E-state index is 10.7. The maximum Gasteiger partial charge on any atom is 0.306 e. The molecule has 106 valence electrons. The van der Waals surface area contributed by atoms with Gasteiger partial charge in [0.05, 0.1) is 25.8 Å². The zero-order chi connectivity index (χ0) is 14.4. The summed E-state index contributed by atoms with van der Waals surface area (Å²) >= 11 is 0. The smallest absolute Gasteiger partial charge is 0.306 e. The molecule has 0 bridgehead atoms. The highest BCUT2D eigenvalue weighted by atomic mass is 16.5. The van der Waals surface area contributed by atoms with E-state index in [9.17, 15) is 4.79 Å². The Morgan fingerprint density at radius 1 is 1.37 bits per heavy atom. The lowest BCUT2D eigenvalue weighted by Gasteiger charge is -2.16. The molecule has 1 aromatic carbocycles. The van der Waals surface area contributed by atoms with Crippen molar-refractivity contribution < 1.29 is 19.4 Å². The summed E-state index contributed by atoms with van der Waals surface area (Å²) in [6, 6.07) is 3.73. The standard InChI is InChI=1S/C14H21NO4/c1-9(14(16)17)7-8-15-11-5-6-12(18-3)10(2)13(11)19-4/h5-6,9,15H,7-8H2,1-4H3,(H,16,17). The fourth-order valence-corrected chi connectivity index (χ4v) is 1.84. The van der Waals surface area contributed by atoms with Crippen molar-refractivity contribution >= 4 is 11.7 Å². The van der Waals surface area contributed by atoms with E-state index in [2.05, 4.69) is 5.32 Å². The Labute approximate surface area is 113 Å². The largest absolute Gasteiger partial charge is 0.496 e. The number of carbonyl (C=O) groups is 1. The summed E-state index contributed by atoms with van der Waals surface area (Å²) in [5.74, 6) is 0.348. The minimum atomic E-state index is -0.778. The fourth-order valence-electron chi connectivity index (χ4n) is 1.84. The van der Waals surface area contributed by atoms with E-state index in [0.717, 1.165) is 22.7 Å². The lowest BCUT2D eigenvalue weighted by molar-refractivity contribution is -0.141. The van der Waals surface area contributed by atoms with Crippen LogP contribution in [0.4, 0.5) is 5.69 Å². The summed E-state index contributed by atoms with van der Waals surface area (Å²) < 4.78 is 10.6. The Kier molecular flexibility index (Phi) is 5.48. The zero-order valence-corrected chi connectivity index (χ0v) is 11.8.